The highest BCUT2D eigenvalue weighted by molar-refractivity contribution is 5.77. The third-order valence-corrected chi connectivity index (χ3v) is 8.21. The van der Waals surface area contributed by atoms with Gasteiger partial charge in [0, 0.05) is 12.4 Å². The first-order valence-corrected chi connectivity index (χ1v) is 16.6. The van der Waals surface area contributed by atoms with E-state index in [0.717, 1.165) is 40.4 Å². The lowest BCUT2D eigenvalue weighted by Crippen LogP contribution is -1.98. The quantitative estimate of drug-likeness (QED) is 0.111. The molecule has 0 radical (unpaired) electrons. The van der Waals surface area contributed by atoms with E-state index in [2.05, 4.69) is 107 Å². The van der Waals surface area contributed by atoms with E-state index in [-0.39, 0.29) is 12.1 Å². The molecule has 0 fully saturated rings. The van der Waals surface area contributed by atoms with E-state index in [4.69, 9.17) is 9.47 Å². The zero-order valence-electron chi connectivity index (χ0n) is 27.9. The van der Waals surface area contributed by atoms with E-state index < -0.39 is 0 Å². The number of hydrogen-bond donors (Lipinski definition) is 0. The highest BCUT2D eigenvalue weighted by atomic mass is 16.5. The second-order valence-electron chi connectivity index (χ2n) is 12.0. The van der Waals surface area contributed by atoms with Crippen molar-refractivity contribution in [2.45, 2.75) is 45.6 Å². The van der Waals surface area contributed by atoms with Crippen LogP contribution in [0.3, 0.4) is 0 Å². The van der Waals surface area contributed by atoms with Gasteiger partial charge in [0.1, 0.15) is 24.7 Å². The molecule has 0 spiro atoms. The van der Waals surface area contributed by atoms with Gasteiger partial charge in [0.25, 0.3) is 0 Å². The minimum absolute atomic E-state index is 0.0788. The Labute approximate surface area is 288 Å². The molecule has 2 aromatic heterocycles. The van der Waals surface area contributed by atoms with Crippen molar-refractivity contribution in [1.29, 1.82) is 0 Å². The maximum atomic E-state index is 5.98. The average molecular weight is 645 g/mol. The minimum Gasteiger partial charge on any atom is -0.487 e. The molecule has 2 heterocycles. The molecule has 0 aliphatic heterocycles. The molecule has 0 aliphatic carbocycles. The highest BCUT2D eigenvalue weighted by Gasteiger charge is 2.05. The third-order valence-electron chi connectivity index (χ3n) is 8.21. The van der Waals surface area contributed by atoms with Gasteiger partial charge in [-0.3, -0.25) is 20.0 Å². The van der Waals surface area contributed by atoms with Gasteiger partial charge in [-0.05, 0) is 77.9 Å². The number of benzene rings is 4. The van der Waals surface area contributed by atoms with Gasteiger partial charge in [-0.25, -0.2) is 0 Å². The van der Waals surface area contributed by atoms with Crippen molar-refractivity contribution in [2.24, 2.45) is 9.98 Å². The minimum atomic E-state index is 0.0788. The molecule has 0 aliphatic rings. The van der Waals surface area contributed by atoms with E-state index in [1.165, 1.54) is 22.3 Å². The topological polar surface area (TPSA) is 69.0 Å². The number of aromatic nitrogens is 2. The van der Waals surface area contributed by atoms with Crippen LogP contribution in [-0.4, -0.2) is 22.4 Å². The first kappa shape index (κ1) is 33.0. The van der Waals surface area contributed by atoms with Crippen LogP contribution in [0.2, 0.25) is 0 Å². The second kappa shape index (κ2) is 16.8. The van der Waals surface area contributed by atoms with Gasteiger partial charge >= 0.3 is 0 Å². The summed E-state index contributed by atoms with van der Waals surface area (Å²) in [6.45, 7) is 5.11. The van der Waals surface area contributed by atoms with Gasteiger partial charge in [-0.2, -0.15) is 0 Å². The van der Waals surface area contributed by atoms with Crippen LogP contribution in [0.4, 0.5) is 0 Å². The Hall–Kier alpha value is -5.88. The van der Waals surface area contributed by atoms with Crippen LogP contribution >= 0.6 is 0 Å². The molecule has 6 nitrogen and oxygen atoms in total. The number of pyridine rings is 2. The summed E-state index contributed by atoms with van der Waals surface area (Å²) in [6.07, 6.45) is 7.97. The van der Waals surface area contributed by atoms with E-state index in [1.54, 1.807) is 12.4 Å². The van der Waals surface area contributed by atoms with Crippen molar-refractivity contribution >= 4 is 12.4 Å². The molecule has 2 atom stereocenters. The SMILES string of the molecule is CC(N=Cc1ccc(OCc2ccc(Cc3ccc(COc4ccc(C=NC(C)c5ccccc5)nc4)cc3)cc2)cn1)c1ccccc1. The highest BCUT2D eigenvalue weighted by Crippen LogP contribution is 2.19. The van der Waals surface area contributed by atoms with Crippen LogP contribution in [0.15, 0.2) is 156 Å². The van der Waals surface area contributed by atoms with Crippen LogP contribution in [0.5, 0.6) is 11.5 Å². The Bertz CT molecular complexity index is 1780. The van der Waals surface area contributed by atoms with Crippen molar-refractivity contribution < 1.29 is 9.47 Å². The first-order valence-electron chi connectivity index (χ1n) is 16.6. The van der Waals surface area contributed by atoms with Gasteiger partial charge < -0.3 is 9.47 Å². The normalized spacial score (nSPS) is 12.6. The summed E-state index contributed by atoms with van der Waals surface area (Å²) in [5.41, 5.74) is 8.67. The maximum Gasteiger partial charge on any atom is 0.138 e. The number of aliphatic imine (C=N–C) groups is 2. The molecule has 0 amide bonds. The van der Waals surface area contributed by atoms with Crippen LogP contribution in [0, 0.1) is 0 Å². The van der Waals surface area contributed by atoms with Crippen LogP contribution in [-0.2, 0) is 19.6 Å². The number of ether oxygens (including phenoxy) is 2. The lowest BCUT2D eigenvalue weighted by Gasteiger charge is -2.09. The molecular weight excluding hydrogens is 604 g/mol. The molecule has 6 rings (SSSR count). The zero-order chi connectivity index (χ0) is 33.7. The molecule has 49 heavy (non-hydrogen) atoms. The lowest BCUT2D eigenvalue weighted by atomic mass is 10.0. The Morgan fingerprint density at radius 1 is 0.490 bits per heavy atom. The molecule has 0 saturated heterocycles. The predicted molar refractivity (Wildman–Crippen MR) is 198 cm³/mol. The largest absolute Gasteiger partial charge is 0.487 e. The Morgan fingerprint density at radius 3 is 1.24 bits per heavy atom. The van der Waals surface area contributed by atoms with Gasteiger partial charge in [0.05, 0.1) is 35.9 Å². The summed E-state index contributed by atoms with van der Waals surface area (Å²) in [7, 11) is 0. The summed E-state index contributed by atoms with van der Waals surface area (Å²) in [4.78, 5) is 18.2. The van der Waals surface area contributed by atoms with Crippen molar-refractivity contribution in [2.75, 3.05) is 0 Å². The summed E-state index contributed by atoms with van der Waals surface area (Å²) in [5, 5.41) is 0. The molecule has 6 aromatic rings. The fourth-order valence-electron chi connectivity index (χ4n) is 5.19. The molecule has 0 N–H and O–H groups in total. The number of rotatable bonds is 14. The van der Waals surface area contributed by atoms with E-state index in [9.17, 15) is 0 Å². The van der Waals surface area contributed by atoms with Crippen LogP contribution in [0.1, 0.15) is 70.7 Å². The molecule has 244 valence electrons. The molecular formula is C43H40N4O2. The summed E-state index contributed by atoms with van der Waals surface area (Å²) in [6, 6.07) is 45.4. The fourth-order valence-corrected chi connectivity index (χ4v) is 5.19. The lowest BCUT2D eigenvalue weighted by molar-refractivity contribution is 0.305. The van der Waals surface area contributed by atoms with Gasteiger partial charge in [0.2, 0.25) is 0 Å². The second-order valence-corrected chi connectivity index (χ2v) is 12.0. The van der Waals surface area contributed by atoms with Gasteiger partial charge in [-0.15, -0.1) is 0 Å². The van der Waals surface area contributed by atoms with Gasteiger partial charge in [0.15, 0.2) is 0 Å². The van der Waals surface area contributed by atoms with Crippen molar-refractivity contribution in [3.05, 3.63) is 191 Å². The summed E-state index contributed by atoms with van der Waals surface area (Å²) < 4.78 is 12.0. The van der Waals surface area contributed by atoms with Crippen LogP contribution < -0.4 is 9.47 Å². The fraction of sp³-hybridized carbons (Fsp3) is 0.163. The Balaban J connectivity index is 0.922. The predicted octanol–water partition coefficient (Wildman–Crippen LogP) is 9.59. The molecule has 0 bridgehead atoms. The van der Waals surface area contributed by atoms with Crippen molar-refractivity contribution in [1.82, 2.24) is 9.97 Å². The maximum absolute atomic E-state index is 5.98. The molecule has 2 unspecified atom stereocenters. The zero-order valence-corrected chi connectivity index (χ0v) is 27.9. The van der Waals surface area contributed by atoms with E-state index in [0.29, 0.717) is 13.2 Å². The standard InChI is InChI=1S/C43H40N4O2/c1-32(38-9-5-3-6-10-38)44-26-40-21-23-42(28-46-40)48-30-36-17-13-34(14-18-36)25-35-15-19-37(20-16-35)31-49-43-24-22-41(47-29-43)27-45-33(2)39-11-7-4-8-12-39/h3-24,26-29,32-33H,25,30-31H2,1-2H3. The first-order chi connectivity index (χ1) is 24.1. The summed E-state index contributed by atoms with van der Waals surface area (Å²) in [5.74, 6) is 1.46. The molecule has 4 aromatic carbocycles. The average Bonchev–Trinajstić information content (AvgIpc) is 3.17. The Kier molecular flexibility index (Phi) is 11.3. The number of nitrogens with zero attached hydrogens (tertiary/aromatic N) is 4. The third kappa shape index (κ3) is 10.1. The van der Waals surface area contributed by atoms with E-state index >= 15 is 0 Å². The Morgan fingerprint density at radius 2 is 0.878 bits per heavy atom. The van der Waals surface area contributed by atoms with Crippen LogP contribution in [0.25, 0.3) is 0 Å². The monoisotopic (exact) mass is 644 g/mol. The van der Waals surface area contributed by atoms with Crippen molar-refractivity contribution in [3.8, 4) is 11.5 Å². The van der Waals surface area contributed by atoms with Crippen molar-refractivity contribution in [3.63, 3.8) is 0 Å². The molecule has 0 saturated carbocycles. The number of hydrogen-bond acceptors (Lipinski definition) is 6. The smallest absolute Gasteiger partial charge is 0.138 e. The summed E-state index contributed by atoms with van der Waals surface area (Å²) >= 11 is 0. The molecule has 6 heteroatoms. The van der Waals surface area contributed by atoms with E-state index in [1.807, 2.05) is 73.1 Å². The van der Waals surface area contributed by atoms with Gasteiger partial charge in [-0.1, -0.05) is 109 Å².